The van der Waals surface area contributed by atoms with Crippen LogP contribution in [-0.4, -0.2) is 20.6 Å². The van der Waals surface area contributed by atoms with Crippen molar-refractivity contribution in [3.63, 3.8) is 0 Å². The molecule has 0 heterocycles. The zero-order valence-electron chi connectivity index (χ0n) is 7.82. The molecule has 0 atom stereocenters. The molecule has 1 aromatic rings. The Kier molecular flexibility index (Phi) is 3.55. The Hall–Kier alpha value is -0.830. The van der Waals surface area contributed by atoms with Gasteiger partial charge in [-0.05, 0) is 40.8 Å². The van der Waals surface area contributed by atoms with E-state index in [1.807, 2.05) is 27.3 Å². The molecule has 1 amide bonds. The Morgan fingerprint density at radius 3 is 2.60 bits per heavy atom. The molecule has 0 fully saturated rings. The third-order valence-electron chi connectivity index (χ3n) is 1.54. The topological polar surface area (TPSA) is 89.3 Å². The number of amides is 1. The number of sulfonamides is 1. The molecule has 1 aromatic carbocycles. The summed E-state index contributed by atoms with van der Waals surface area (Å²) in [5.41, 5.74) is 5.96. The van der Waals surface area contributed by atoms with Gasteiger partial charge in [-0.1, -0.05) is 0 Å². The third-order valence-corrected chi connectivity index (χ3v) is 2.77. The number of hydrogen-bond donors (Lipinski definition) is 2. The average Bonchev–Trinajstić information content (AvgIpc) is 2.06. The molecule has 0 unspecified atom stereocenters. The molecule has 0 saturated carbocycles. The number of carbonyl (C=O) groups excluding carboxylic acids is 1. The fourth-order valence-electron chi connectivity index (χ4n) is 0.949. The van der Waals surface area contributed by atoms with Gasteiger partial charge in [-0.15, -0.1) is 0 Å². The van der Waals surface area contributed by atoms with Crippen molar-refractivity contribution < 1.29 is 13.2 Å². The Balaban J connectivity index is 3.06. The van der Waals surface area contributed by atoms with Gasteiger partial charge >= 0.3 is 0 Å². The van der Waals surface area contributed by atoms with Gasteiger partial charge in [0.15, 0.2) is 0 Å². The Labute approximate surface area is 101 Å². The molecule has 0 aliphatic carbocycles. The zero-order valence-corrected chi connectivity index (χ0v) is 10.8. The monoisotopic (exact) mass is 340 g/mol. The number of benzene rings is 1. The number of hydrogen-bond acceptors (Lipinski definition) is 4. The molecule has 0 aromatic heterocycles. The van der Waals surface area contributed by atoms with E-state index in [2.05, 4.69) is 0 Å². The fourth-order valence-corrected chi connectivity index (χ4v) is 1.89. The molecule has 3 N–H and O–H groups in total. The minimum Gasteiger partial charge on any atom is -0.398 e. The Morgan fingerprint density at radius 2 is 2.07 bits per heavy atom. The third kappa shape index (κ3) is 3.67. The van der Waals surface area contributed by atoms with Gasteiger partial charge in [0.25, 0.3) is 5.91 Å². The predicted octanol–water partition coefficient (Wildman–Crippen LogP) is 0.563. The van der Waals surface area contributed by atoms with Gasteiger partial charge in [0.1, 0.15) is 0 Å². The van der Waals surface area contributed by atoms with Crippen LogP contribution in [0, 0.1) is 3.57 Å². The molecule has 0 saturated heterocycles. The lowest BCUT2D eigenvalue weighted by molar-refractivity contribution is 0.0982. The zero-order chi connectivity index (χ0) is 11.6. The van der Waals surface area contributed by atoms with Crippen molar-refractivity contribution >= 4 is 44.2 Å². The van der Waals surface area contributed by atoms with Crippen molar-refractivity contribution in [2.45, 2.75) is 0 Å². The number of rotatable bonds is 2. The Morgan fingerprint density at radius 1 is 1.47 bits per heavy atom. The van der Waals surface area contributed by atoms with Crippen molar-refractivity contribution in [2.75, 3.05) is 12.0 Å². The van der Waals surface area contributed by atoms with Gasteiger partial charge < -0.3 is 5.73 Å². The smallest absolute Gasteiger partial charge is 0.266 e. The van der Waals surface area contributed by atoms with E-state index in [0.717, 1.165) is 9.83 Å². The maximum Gasteiger partial charge on any atom is 0.266 e. The molecule has 0 radical (unpaired) electrons. The molecule has 5 nitrogen and oxygen atoms in total. The maximum atomic E-state index is 11.5. The van der Waals surface area contributed by atoms with Crippen LogP contribution in [0.3, 0.4) is 0 Å². The maximum absolute atomic E-state index is 11.5. The summed E-state index contributed by atoms with van der Waals surface area (Å²) < 4.78 is 24.3. The number of anilines is 1. The van der Waals surface area contributed by atoms with Crippen LogP contribution in [-0.2, 0) is 10.0 Å². The first-order valence-corrected chi connectivity index (χ1v) is 6.84. The quantitative estimate of drug-likeness (QED) is 0.608. The van der Waals surface area contributed by atoms with E-state index < -0.39 is 15.9 Å². The minimum absolute atomic E-state index is 0.160. The summed E-state index contributed by atoms with van der Waals surface area (Å²) in [5.74, 6) is -0.714. The summed E-state index contributed by atoms with van der Waals surface area (Å²) in [6.07, 6.45) is 0.912. The molecule has 7 heteroatoms. The minimum atomic E-state index is -3.56. The highest BCUT2D eigenvalue weighted by Crippen LogP contribution is 2.15. The number of carbonyl (C=O) groups is 1. The fraction of sp³-hybridized carbons (Fsp3) is 0.125. The van der Waals surface area contributed by atoms with E-state index in [1.165, 1.54) is 6.07 Å². The van der Waals surface area contributed by atoms with Crippen LogP contribution >= 0.6 is 22.6 Å². The number of nitrogens with one attached hydrogen (secondary N) is 1. The molecule has 15 heavy (non-hydrogen) atoms. The highest BCUT2D eigenvalue weighted by atomic mass is 127. The largest absolute Gasteiger partial charge is 0.398 e. The summed E-state index contributed by atoms with van der Waals surface area (Å²) in [6.45, 7) is 0. The Bertz CT molecular complexity index is 499. The van der Waals surface area contributed by atoms with Crippen LogP contribution in [0.2, 0.25) is 0 Å². The normalized spacial score (nSPS) is 11.1. The highest BCUT2D eigenvalue weighted by molar-refractivity contribution is 14.1. The lowest BCUT2D eigenvalue weighted by Crippen LogP contribution is -2.29. The van der Waals surface area contributed by atoms with E-state index in [1.54, 1.807) is 12.1 Å². The van der Waals surface area contributed by atoms with Crippen LogP contribution in [0.1, 0.15) is 10.4 Å². The molecule has 1 rings (SSSR count). The van der Waals surface area contributed by atoms with Crippen molar-refractivity contribution in [3.8, 4) is 0 Å². The van der Waals surface area contributed by atoms with Crippen LogP contribution in [0.25, 0.3) is 0 Å². The van der Waals surface area contributed by atoms with E-state index in [0.29, 0.717) is 0 Å². The van der Waals surface area contributed by atoms with Gasteiger partial charge in [0.05, 0.1) is 11.8 Å². The summed E-state index contributed by atoms with van der Waals surface area (Å²) in [4.78, 5) is 11.5. The summed E-state index contributed by atoms with van der Waals surface area (Å²) in [7, 11) is -3.56. The molecule has 0 aliphatic heterocycles. The second kappa shape index (κ2) is 4.35. The van der Waals surface area contributed by atoms with E-state index in [4.69, 9.17) is 5.73 Å². The number of nitrogen functional groups attached to an aromatic ring is 1. The average molecular weight is 340 g/mol. The van der Waals surface area contributed by atoms with Gasteiger partial charge in [0.2, 0.25) is 10.0 Å². The van der Waals surface area contributed by atoms with Crippen molar-refractivity contribution in [3.05, 3.63) is 27.3 Å². The molecular formula is C8H9IN2O3S. The lowest BCUT2D eigenvalue weighted by atomic mass is 10.2. The number of halogens is 1. The van der Waals surface area contributed by atoms with Gasteiger partial charge in [-0.3, -0.25) is 4.79 Å². The van der Waals surface area contributed by atoms with Crippen LogP contribution in [0.15, 0.2) is 18.2 Å². The molecular weight excluding hydrogens is 331 g/mol. The standard InChI is InChI=1S/C8H9IN2O3S/c1-15(13,14)11-8(12)6-4-5(9)2-3-7(6)10/h2-4H,10H2,1H3,(H,11,12). The lowest BCUT2D eigenvalue weighted by Gasteiger charge is -2.05. The first kappa shape index (κ1) is 12.2. The molecule has 0 aliphatic rings. The van der Waals surface area contributed by atoms with E-state index in [-0.39, 0.29) is 11.3 Å². The second-order valence-electron chi connectivity index (χ2n) is 2.93. The molecule has 82 valence electrons. The number of nitrogens with two attached hydrogens (primary N) is 1. The molecule has 0 spiro atoms. The van der Waals surface area contributed by atoms with E-state index in [9.17, 15) is 13.2 Å². The van der Waals surface area contributed by atoms with Gasteiger partial charge in [-0.25, -0.2) is 13.1 Å². The van der Waals surface area contributed by atoms with Gasteiger partial charge in [0, 0.05) is 9.26 Å². The second-order valence-corrected chi connectivity index (χ2v) is 5.93. The van der Waals surface area contributed by atoms with Crippen LogP contribution < -0.4 is 10.5 Å². The molecule has 0 bridgehead atoms. The first-order valence-electron chi connectivity index (χ1n) is 3.87. The van der Waals surface area contributed by atoms with Crippen LogP contribution in [0.4, 0.5) is 5.69 Å². The van der Waals surface area contributed by atoms with Gasteiger partial charge in [-0.2, -0.15) is 0 Å². The van der Waals surface area contributed by atoms with Crippen molar-refractivity contribution in [1.82, 2.24) is 4.72 Å². The van der Waals surface area contributed by atoms with Crippen LogP contribution in [0.5, 0.6) is 0 Å². The van der Waals surface area contributed by atoms with Crippen molar-refractivity contribution in [2.24, 2.45) is 0 Å². The SMILES string of the molecule is CS(=O)(=O)NC(=O)c1cc(I)ccc1N. The van der Waals surface area contributed by atoms with E-state index >= 15 is 0 Å². The summed E-state index contributed by atoms with van der Waals surface area (Å²) in [6, 6.07) is 4.81. The predicted molar refractivity (Wildman–Crippen MR) is 65.9 cm³/mol. The first-order chi connectivity index (χ1) is 6.79. The highest BCUT2D eigenvalue weighted by Gasteiger charge is 2.13. The van der Waals surface area contributed by atoms with Crippen molar-refractivity contribution in [1.29, 1.82) is 0 Å². The summed E-state index contributed by atoms with van der Waals surface area (Å²) in [5, 5.41) is 0. The summed E-state index contributed by atoms with van der Waals surface area (Å²) >= 11 is 2.01.